The molecule has 0 aromatic heterocycles. The molecule has 2 atom stereocenters. The largest absolute Gasteiger partial charge is 0.196 e. The van der Waals surface area contributed by atoms with Crippen LogP contribution in [0.1, 0.15) is 24.0 Å². The van der Waals surface area contributed by atoms with Crippen LogP contribution in [0.25, 0.3) is 0 Å². The fourth-order valence-electron chi connectivity index (χ4n) is 3.33. The summed E-state index contributed by atoms with van der Waals surface area (Å²) >= 11 is 6.56. The van der Waals surface area contributed by atoms with E-state index in [1.165, 1.54) is 11.1 Å². The fourth-order valence-corrected chi connectivity index (χ4v) is 3.70. The fraction of sp³-hybridized carbons (Fsp3) is 0.500. The van der Waals surface area contributed by atoms with Crippen molar-refractivity contribution in [3.63, 3.8) is 0 Å². The second-order valence-electron chi connectivity index (χ2n) is 5.03. The number of hydrogen-bond donors (Lipinski definition) is 0. The molecule has 1 aromatic carbocycles. The van der Waals surface area contributed by atoms with Crippen LogP contribution in [0.5, 0.6) is 0 Å². The van der Waals surface area contributed by atoms with E-state index in [0.29, 0.717) is 11.8 Å². The Balaban J connectivity index is 2.07. The number of nitriles is 1. The van der Waals surface area contributed by atoms with Crippen LogP contribution in [0, 0.1) is 23.2 Å². The average Bonchev–Trinajstić information content (AvgIpc) is 2.52. The SMILES string of the molecule is N#CC1(Cl)C2CCC1Cc1ccccc1C2. The predicted octanol–water partition coefficient (Wildman–Crippen LogP) is 3.31. The van der Waals surface area contributed by atoms with Crippen LogP contribution < -0.4 is 0 Å². The molecule has 16 heavy (non-hydrogen) atoms. The van der Waals surface area contributed by atoms with Gasteiger partial charge in [-0.15, -0.1) is 11.6 Å². The van der Waals surface area contributed by atoms with Crippen LogP contribution >= 0.6 is 11.6 Å². The monoisotopic (exact) mass is 231 g/mol. The molecule has 0 N–H and O–H groups in total. The summed E-state index contributed by atoms with van der Waals surface area (Å²) in [6.07, 6.45) is 4.17. The third kappa shape index (κ3) is 1.30. The molecule has 2 aliphatic carbocycles. The van der Waals surface area contributed by atoms with Crippen molar-refractivity contribution >= 4 is 11.6 Å². The van der Waals surface area contributed by atoms with Gasteiger partial charge < -0.3 is 0 Å². The first-order valence-corrected chi connectivity index (χ1v) is 6.29. The second kappa shape index (κ2) is 3.50. The molecule has 0 spiro atoms. The molecule has 1 saturated carbocycles. The molecular formula is C14H14ClN. The summed E-state index contributed by atoms with van der Waals surface area (Å²) in [6.45, 7) is 0. The van der Waals surface area contributed by atoms with Gasteiger partial charge in [0.15, 0.2) is 0 Å². The van der Waals surface area contributed by atoms with Crippen LogP contribution in [0.4, 0.5) is 0 Å². The molecule has 0 radical (unpaired) electrons. The molecule has 2 bridgehead atoms. The van der Waals surface area contributed by atoms with Crippen molar-refractivity contribution in [2.75, 3.05) is 0 Å². The van der Waals surface area contributed by atoms with Crippen LogP contribution in [0.15, 0.2) is 24.3 Å². The molecule has 1 fully saturated rings. The van der Waals surface area contributed by atoms with Gasteiger partial charge in [0.05, 0.1) is 6.07 Å². The Bertz CT molecular complexity index is 427. The quantitative estimate of drug-likeness (QED) is 0.629. The molecule has 82 valence electrons. The van der Waals surface area contributed by atoms with Gasteiger partial charge in [-0.25, -0.2) is 0 Å². The predicted molar refractivity (Wildman–Crippen MR) is 64.3 cm³/mol. The Morgan fingerprint density at radius 1 is 1.12 bits per heavy atom. The van der Waals surface area contributed by atoms with Gasteiger partial charge in [-0.1, -0.05) is 24.3 Å². The zero-order valence-corrected chi connectivity index (χ0v) is 9.87. The molecule has 2 heteroatoms. The first-order valence-electron chi connectivity index (χ1n) is 5.91. The third-order valence-electron chi connectivity index (χ3n) is 4.27. The first-order chi connectivity index (χ1) is 7.74. The van der Waals surface area contributed by atoms with E-state index >= 15 is 0 Å². The summed E-state index contributed by atoms with van der Waals surface area (Å²) in [5.41, 5.74) is 2.80. The molecule has 0 amide bonds. The van der Waals surface area contributed by atoms with Crippen LogP contribution in [0.2, 0.25) is 0 Å². The molecule has 2 unspecified atom stereocenters. The second-order valence-corrected chi connectivity index (χ2v) is 5.65. The number of nitrogens with zero attached hydrogens (tertiary/aromatic N) is 1. The van der Waals surface area contributed by atoms with E-state index in [2.05, 4.69) is 30.3 Å². The van der Waals surface area contributed by atoms with E-state index in [1.54, 1.807) is 0 Å². The summed E-state index contributed by atoms with van der Waals surface area (Å²) in [5.74, 6) is 0.681. The van der Waals surface area contributed by atoms with Gasteiger partial charge in [0, 0.05) is 0 Å². The maximum atomic E-state index is 9.35. The number of alkyl halides is 1. The van der Waals surface area contributed by atoms with E-state index in [9.17, 15) is 5.26 Å². The highest BCUT2D eigenvalue weighted by molar-refractivity contribution is 6.26. The van der Waals surface area contributed by atoms with Gasteiger partial charge in [-0.3, -0.25) is 0 Å². The zero-order chi connectivity index (χ0) is 11.2. The van der Waals surface area contributed by atoms with Crippen molar-refractivity contribution in [1.82, 2.24) is 0 Å². The minimum Gasteiger partial charge on any atom is -0.196 e. The van der Waals surface area contributed by atoms with Crippen molar-refractivity contribution in [3.05, 3.63) is 35.4 Å². The number of fused-ring (bicyclic) bond motifs is 3. The number of benzene rings is 1. The summed E-state index contributed by atoms with van der Waals surface area (Å²) in [6, 6.07) is 10.9. The Kier molecular flexibility index (Phi) is 2.23. The summed E-state index contributed by atoms with van der Waals surface area (Å²) in [4.78, 5) is -0.612. The minimum atomic E-state index is -0.612. The van der Waals surface area contributed by atoms with E-state index in [1.807, 2.05) is 0 Å². The minimum absolute atomic E-state index is 0.341. The van der Waals surface area contributed by atoms with E-state index in [4.69, 9.17) is 11.6 Å². The average molecular weight is 232 g/mol. The van der Waals surface area contributed by atoms with Gasteiger partial charge >= 0.3 is 0 Å². The van der Waals surface area contributed by atoms with Gasteiger partial charge in [0.2, 0.25) is 0 Å². The summed E-state index contributed by atoms with van der Waals surface area (Å²) in [5, 5.41) is 9.35. The van der Waals surface area contributed by atoms with Gasteiger partial charge in [0.1, 0.15) is 4.87 Å². The van der Waals surface area contributed by atoms with Crippen LogP contribution in [0.3, 0.4) is 0 Å². The lowest BCUT2D eigenvalue weighted by atomic mass is 9.88. The normalized spacial score (nSPS) is 36.2. The van der Waals surface area contributed by atoms with Crippen molar-refractivity contribution in [2.24, 2.45) is 11.8 Å². The van der Waals surface area contributed by atoms with Crippen molar-refractivity contribution in [1.29, 1.82) is 5.26 Å². The number of rotatable bonds is 0. The summed E-state index contributed by atoms with van der Waals surface area (Å²) < 4.78 is 0. The number of hydrogen-bond acceptors (Lipinski definition) is 1. The standard InChI is InChI=1S/C14H14ClN/c15-14(9-16)12-5-6-13(14)8-11-4-2-1-3-10(11)7-12/h1-4,12-13H,5-8H2. The van der Waals surface area contributed by atoms with Crippen molar-refractivity contribution in [3.8, 4) is 6.07 Å². The van der Waals surface area contributed by atoms with Gasteiger partial charge in [0.25, 0.3) is 0 Å². The molecule has 1 aromatic rings. The maximum Gasteiger partial charge on any atom is 0.137 e. The highest BCUT2D eigenvalue weighted by Gasteiger charge is 2.50. The molecule has 3 rings (SSSR count). The van der Waals surface area contributed by atoms with E-state index < -0.39 is 4.87 Å². The highest BCUT2D eigenvalue weighted by Crippen LogP contribution is 2.50. The molecule has 0 saturated heterocycles. The molecule has 0 heterocycles. The lowest BCUT2D eigenvalue weighted by Crippen LogP contribution is -2.32. The van der Waals surface area contributed by atoms with Crippen molar-refractivity contribution in [2.45, 2.75) is 30.6 Å². The third-order valence-corrected chi connectivity index (χ3v) is 4.98. The molecule has 1 nitrogen and oxygen atoms in total. The van der Waals surface area contributed by atoms with E-state index in [0.717, 1.165) is 25.7 Å². The Morgan fingerprint density at radius 2 is 1.62 bits per heavy atom. The smallest absolute Gasteiger partial charge is 0.137 e. The Morgan fingerprint density at radius 3 is 2.06 bits per heavy atom. The van der Waals surface area contributed by atoms with Crippen LogP contribution in [-0.4, -0.2) is 4.87 Å². The molecule has 0 aliphatic heterocycles. The lowest BCUT2D eigenvalue weighted by molar-refractivity contribution is 0.435. The maximum absolute atomic E-state index is 9.35. The first kappa shape index (κ1) is 10.2. The van der Waals surface area contributed by atoms with Gasteiger partial charge in [-0.2, -0.15) is 5.26 Å². The van der Waals surface area contributed by atoms with Crippen molar-refractivity contribution < 1.29 is 0 Å². The number of halogens is 1. The Labute approximate surface area is 101 Å². The lowest BCUT2D eigenvalue weighted by Gasteiger charge is -2.24. The zero-order valence-electron chi connectivity index (χ0n) is 9.12. The Hall–Kier alpha value is -1.00. The molecular weight excluding hydrogens is 218 g/mol. The van der Waals surface area contributed by atoms with E-state index in [-0.39, 0.29) is 0 Å². The topological polar surface area (TPSA) is 23.8 Å². The van der Waals surface area contributed by atoms with Gasteiger partial charge in [-0.05, 0) is 48.6 Å². The van der Waals surface area contributed by atoms with Crippen LogP contribution in [-0.2, 0) is 12.8 Å². The molecule has 2 aliphatic rings. The summed E-state index contributed by atoms with van der Waals surface area (Å²) in [7, 11) is 0. The highest BCUT2D eigenvalue weighted by atomic mass is 35.5.